The van der Waals surface area contributed by atoms with Gasteiger partial charge in [-0.3, -0.25) is 4.79 Å². The van der Waals surface area contributed by atoms with Crippen LogP contribution in [-0.4, -0.2) is 35.5 Å². The van der Waals surface area contributed by atoms with Crippen molar-refractivity contribution in [1.29, 1.82) is 0 Å². The van der Waals surface area contributed by atoms with Crippen LogP contribution >= 0.6 is 0 Å². The molecule has 0 amide bonds. The van der Waals surface area contributed by atoms with Gasteiger partial charge in [-0.05, 0) is 81.6 Å². The van der Waals surface area contributed by atoms with Gasteiger partial charge in [0.2, 0.25) is 0 Å². The normalized spacial score (nSPS) is 11.7. The number of ketones is 1. The van der Waals surface area contributed by atoms with E-state index in [0.717, 1.165) is 17.7 Å². The summed E-state index contributed by atoms with van der Waals surface area (Å²) in [6.07, 6.45) is -2.29. The lowest BCUT2D eigenvalue weighted by Crippen LogP contribution is -2.39. The maximum Gasteiger partial charge on any atom is 0.416 e. The SMILES string of the molecule is CCOC(=O)C(C)(C)Oc1ccc(CCN(Cc2ccc(C(F)(F)F)cc2)c2ccc(C(C)=O)cn2)cc1. The number of pyridine rings is 1. The van der Waals surface area contributed by atoms with Gasteiger partial charge in [0.15, 0.2) is 11.4 Å². The zero-order valence-corrected chi connectivity index (χ0v) is 21.8. The number of anilines is 1. The summed E-state index contributed by atoms with van der Waals surface area (Å²) >= 11 is 0. The number of ether oxygens (including phenoxy) is 2. The van der Waals surface area contributed by atoms with Crippen molar-refractivity contribution in [2.45, 2.75) is 52.4 Å². The van der Waals surface area contributed by atoms with E-state index in [-0.39, 0.29) is 12.4 Å². The van der Waals surface area contributed by atoms with Crippen LogP contribution < -0.4 is 9.64 Å². The lowest BCUT2D eigenvalue weighted by Gasteiger charge is -2.25. The van der Waals surface area contributed by atoms with E-state index in [4.69, 9.17) is 9.47 Å². The molecule has 0 aliphatic carbocycles. The van der Waals surface area contributed by atoms with Crippen LogP contribution in [0.15, 0.2) is 66.9 Å². The van der Waals surface area contributed by atoms with E-state index in [1.807, 2.05) is 17.0 Å². The van der Waals surface area contributed by atoms with Gasteiger partial charge in [-0.25, -0.2) is 9.78 Å². The Labute approximate surface area is 220 Å². The molecule has 202 valence electrons. The number of benzene rings is 2. The number of carbonyl (C=O) groups excluding carboxylic acids is 2. The maximum absolute atomic E-state index is 13.0. The fraction of sp³-hybridized carbons (Fsp3) is 0.345. The van der Waals surface area contributed by atoms with Crippen LogP contribution in [0.4, 0.5) is 19.0 Å². The van der Waals surface area contributed by atoms with Crippen molar-refractivity contribution in [3.63, 3.8) is 0 Å². The van der Waals surface area contributed by atoms with Gasteiger partial charge in [0.25, 0.3) is 0 Å². The van der Waals surface area contributed by atoms with Gasteiger partial charge in [0.1, 0.15) is 11.6 Å². The summed E-state index contributed by atoms with van der Waals surface area (Å²) in [5.74, 6) is 0.569. The zero-order valence-electron chi connectivity index (χ0n) is 21.8. The second kappa shape index (κ2) is 12.1. The van der Waals surface area contributed by atoms with Crippen LogP contribution in [0.1, 0.15) is 54.7 Å². The summed E-state index contributed by atoms with van der Waals surface area (Å²) in [6, 6.07) is 15.8. The van der Waals surface area contributed by atoms with Gasteiger partial charge in [0, 0.05) is 24.8 Å². The fourth-order valence-electron chi connectivity index (χ4n) is 3.70. The Morgan fingerprint density at radius 3 is 2.08 bits per heavy atom. The van der Waals surface area contributed by atoms with E-state index in [1.54, 1.807) is 45.0 Å². The summed E-state index contributed by atoms with van der Waals surface area (Å²) in [6.45, 7) is 7.58. The molecule has 0 N–H and O–H groups in total. The van der Waals surface area contributed by atoms with Crippen molar-refractivity contribution in [2.24, 2.45) is 0 Å². The molecule has 0 aliphatic rings. The first-order valence-corrected chi connectivity index (χ1v) is 12.2. The van der Waals surface area contributed by atoms with Crippen LogP contribution in [0.2, 0.25) is 0 Å². The highest BCUT2D eigenvalue weighted by Gasteiger charge is 2.32. The Morgan fingerprint density at radius 2 is 1.55 bits per heavy atom. The average Bonchev–Trinajstić information content (AvgIpc) is 2.87. The minimum atomic E-state index is -4.40. The highest BCUT2D eigenvalue weighted by molar-refractivity contribution is 5.93. The molecule has 9 heteroatoms. The van der Waals surface area contributed by atoms with Crippen molar-refractivity contribution in [3.8, 4) is 5.75 Å². The number of hydrogen-bond acceptors (Lipinski definition) is 6. The van der Waals surface area contributed by atoms with Crippen molar-refractivity contribution < 1.29 is 32.2 Å². The van der Waals surface area contributed by atoms with E-state index in [0.29, 0.717) is 42.2 Å². The largest absolute Gasteiger partial charge is 0.476 e. The number of nitrogens with zero attached hydrogens (tertiary/aromatic N) is 2. The number of hydrogen-bond donors (Lipinski definition) is 0. The molecule has 6 nitrogen and oxygen atoms in total. The Morgan fingerprint density at radius 1 is 0.921 bits per heavy atom. The second-order valence-electron chi connectivity index (χ2n) is 9.30. The summed E-state index contributed by atoms with van der Waals surface area (Å²) in [4.78, 5) is 30.1. The molecule has 0 spiro atoms. The predicted octanol–water partition coefficient (Wildman–Crippen LogP) is 6.27. The molecular weight excluding hydrogens is 497 g/mol. The first kappa shape index (κ1) is 28.7. The molecular formula is C29H31F3N2O4. The van der Waals surface area contributed by atoms with Crippen LogP contribution in [0, 0.1) is 0 Å². The molecule has 38 heavy (non-hydrogen) atoms. The number of halogens is 3. The number of alkyl halides is 3. The minimum Gasteiger partial charge on any atom is -0.476 e. The predicted molar refractivity (Wildman–Crippen MR) is 138 cm³/mol. The standard InChI is InChI=1S/C29H31F3N2O4/c1-5-37-27(36)28(3,4)38-25-13-8-21(9-14-25)16-17-34(26-15-10-23(18-33-26)20(2)35)19-22-6-11-24(12-7-22)29(30,31)32/h6-15,18H,5,16-17,19H2,1-4H3. The molecule has 2 aromatic carbocycles. The summed E-state index contributed by atoms with van der Waals surface area (Å²) in [5, 5.41) is 0. The monoisotopic (exact) mass is 528 g/mol. The first-order chi connectivity index (χ1) is 17.9. The molecule has 0 fully saturated rings. The average molecular weight is 529 g/mol. The molecule has 0 aliphatic heterocycles. The zero-order chi connectivity index (χ0) is 27.9. The van der Waals surface area contributed by atoms with Gasteiger partial charge in [-0.2, -0.15) is 13.2 Å². The van der Waals surface area contributed by atoms with E-state index < -0.39 is 23.3 Å². The molecule has 0 radical (unpaired) electrons. The highest BCUT2D eigenvalue weighted by Crippen LogP contribution is 2.29. The summed E-state index contributed by atoms with van der Waals surface area (Å²) in [5.41, 5.74) is 0.326. The number of Topliss-reactive ketones (excluding diaryl/α,β-unsaturated/α-hetero) is 1. The van der Waals surface area contributed by atoms with Gasteiger partial charge < -0.3 is 14.4 Å². The fourth-order valence-corrected chi connectivity index (χ4v) is 3.70. The Bertz CT molecular complexity index is 1220. The lowest BCUT2D eigenvalue weighted by molar-refractivity contribution is -0.158. The van der Waals surface area contributed by atoms with E-state index >= 15 is 0 Å². The van der Waals surface area contributed by atoms with Gasteiger partial charge in [-0.15, -0.1) is 0 Å². The third-order valence-corrected chi connectivity index (χ3v) is 5.87. The molecule has 1 aromatic heterocycles. The molecule has 0 unspecified atom stereocenters. The Hall–Kier alpha value is -3.88. The molecule has 0 bridgehead atoms. The molecule has 3 aromatic rings. The smallest absolute Gasteiger partial charge is 0.416 e. The summed E-state index contributed by atoms with van der Waals surface area (Å²) in [7, 11) is 0. The number of carbonyl (C=O) groups is 2. The highest BCUT2D eigenvalue weighted by atomic mass is 19.4. The van der Waals surface area contributed by atoms with E-state index in [1.165, 1.54) is 25.3 Å². The second-order valence-corrected chi connectivity index (χ2v) is 9.30. The van der Waals surface area contributed by atoms with Gasteiger partial charge in [-0.1, -0.05) is 24.3 Å². The Kier molecular flexibility index (Phi) is 9.14. The van der Waals surface area contributed by atoms with Crippen LogP contribution in [-0.2, 0) is 28.7 Å². The van der Waals surface area contributed by atoms with E-state index in [9.17, 15) is 22.8 Å². The van der Waals surface area contributed by atoms with Gasteiger partial charge >= 0.3 is 12.1 Å². The first-order valence-electron chi connectivity index (χ1n) is 12.2. The van der Waals surface area contributed by atoms with Crippen molar-refractivity contribution in [3.05, 3.63) is 89.1 Å². The van der Waals surface area contributed by atoms with Gasteiger partial charge in [0.05, 0.1) is 12.2 Å². The van der Waals surface area contributed by atoms with Crippen molar-refractivity contribution in [2.75, 3.05) is 18.1 Å². The third-order valence-electron chi connectivity index (χ3n) is 5.87. The summed E-state index contributed by atoms with van der Waals surface area (Å²) < 4.78 is 49.8. The number of esters is 1. The van der Waals surface area contributed by atoms with Crippen LogP contribution in [0.25, 0.3) is 0 Å². The Balaban J connectivity index is 1.74. The lowest BCUT2D eigenvalue weighted by atomic mass is 10.1. The third kappa shape index (κ3) is 7.81. The minimum absolute atomic E-state index is 0.105. The molecule has 0 saturated heterocycles. The topological polar surface area (TPSA) is 68.7 Å². The van der Waals surface area contributed by atoms with Crippen molar-refractivity contribution >= 4 is 17.6 Å². The molecule has 3 rings (SSSR count). The molecule has 1 heterocycles. The van der Waals surface area contributed by atoms with Crippen LogP contribution in [0.3, 0.4) is 0 Å². The van der Waals surface area contributed by atoms with Crippen LogP contribution in [0.5, 0.6) is 5.75 Å². The molecule has 0 atom stereocenters. The van der Waals surface area contributed by atoms with E-state index in [2.05, 4.69) is 4.98 Å². The number of rotatable bonds is 11. The van der Waals surface area contributed by atoms with Crippen molar-refractivity contribution in [1.82, 2.24) is 4.98 Å². The number of aromatic nitrogens is 1. The molecule has 0 saturated carbocycles. The maximum atomic E-state index is 13.0. The quantitative estimate of drug-likeness (QED) is 0.216.